The fourth-order valence-corrected chi connectivity index (χ4v) is 5.68. The van der Waals surface area contributed by atoms with Crippen LogP contribution in [0.2, 0.25) is 0 Å². The molecule has 3 atom stereocenters. The van der Waals surface area contributed by atoms with Crippen LogP contribution in [0.5, 0.6) is 6.01 Å². The van der Waals surface area contributed by atoms with Gasteiger partial charge < -0.3 is 19.3 Å². The summed E-state index contributed by atoms with van der Waals surface area (Å²) in [7, 11) is 3.41. The number of aromatic nitrogens is 2. The van der Waals surface area contributed by atoms with Gasteiger partial charge >= 0.3 is 12.1 Å². The minimum atomic E-state index is -2.89. The van der Waals surface area contributed by atoms with E-state index in [1.807, 2.05) is 4.90 Å². The summed E-state index contributed by atoms with van der Waals surface area (Å²) in [6.45, 7) is 5.91. The Morgan fingerprint density at radius 1 is 1.13 bits per heavy atom. The number of halogens is 4. The molecule has 2 aromatic rings. The van der Waals surface area contributed by atoms with Crippen LogP contribution in [0.3, 0.4) is 0 Å². The number of carbonyl (C=O) groups is 1. The summed E-state index contributed by atoms with van der Waals surface area (Å²) in [4.78, 5) is 26.7. The van der Waals surface area contributed by atoms with Gasteiger partial charge in [-0.3, -0.25) is 4.90 Å². The molecule has 208 valence electrons. The number of benzene rings is 1. The van der Waals surface area contributed by atoms with Gasteiger partial charge in [-0.15, -0.1) is 0 Å². The zero-order valence-corrected chi connectivity index (χ0v) is 22.2. The Bertz CT molecular complexity index is 1240. The predicted molar refractivity (Wildman–Crippen MR) is 133 cm³/mol. The third kappa shape index (κ3) is 4.94. The van der Waals surface area contributed by atoms with Gasteiger partial charge in [-0.25, -0.2) is 22.4 Å². The molecule has 1 aromatic carbocycles. The van der Waals surface area contributed by atoms with Crippen LogP contribution in [0, 0.1) is 17.0 Å². The Balaban J connectivity index is 1.44. The van der Waals surface area contributed by atoms with Crippen LogP contribution in [-0.2, 0) is 4.74 Å². The number of nitrogens with zero attached hydrogens (tertiary/aromatic N) is 5. The van der Waals surface area contributed by atoms with Crippen LogP contribution < -0.4 is 9.64 Å². The molecule has 1 amide bonds. The van der Waals surface area contributed by atoms with E-state index in [0.29, 0.717) is 13.1 Å². The molecule has 3 heterocycles. The first-order valence-corrected chi connectivity index (χ1v) is 12.8. The third-order valence-electron chi connectivity index (χ3n) is 7.37. The van der Waals surface area contributed by atoms with Gasteiger partial charge in [0.2, 0.25) is 0 Å². The van der Waals surface area contributed by atoms with Crippen molar-refractivity contribution in [1.82, 2.24) is 19.8 Å². The van der Waals surface area contributed by atoms with E-state index >= 15 is 0 Å². The summed E-state index contributed by atoms with van der Waals surface area (Å²) in [6.07, 6.45) is 0.776. The summed E-state index contributed by atoms with van der Waals surface area (Å²) in [5.74, 6) is -4.33. The van der Waals surface area contributed by atoms with E-state index in [1.165, 1.54) is 0 Å². The molecule has 2 saturated heterocycles. The summed E-state index contributed by atoms with van der Waals surface area (Å²) < 4.78 is 68.9. The lowest BCUT2D eigenvalue weighted by Gasteiger charge is -2.42. The molecule has 1 aromatic heterocycles. The van der Waals surface area contributed by atoms with Crippen molar-refractivity contribution in [2.75, 3.05) is 45.2 Å². The topological polar surface area (TPSA) is 71.0 Å². The molecular formula is C26H33F4N5O3. The second-order valence-electron chi connectivity index (χ2n) is 12.0. The Morgan fingerprint density at radius 2 is 1.76 bits per heavy atom. The third-order valence-corrected chi connectivity index (χ3v) is 7.37. The lowest BCUT2D eigenvalue weighted by Crippen LogP contribution is -2.57. The van der Waals surface area contributed by atoms with Gasteiger partial charge in [0.25, 0.3) is 5.92 Å². The number of ether oxygens (including phenoxy) is 2. The largest absolute Gasteiger partial charge is 0.463 e. The summed E-state index contributed by atoms with van der Waals surface area (Å²) in [5, 5.41) is 0.153. The predicted octanol–water partition coefficient (Wildman–Crippen LogP) is 4.46. The number of piperazine rings is 1. The first kappa shape index (κ1) is 26.7. The molecule has 38 heavy (non-hydrogen) atoms. The number of amides is 1. The van der Waals surface area contributed by atoms with E-state index in [1.54, 1.807) is 44.7 Å². The number of anilines is 1. The molecule has 12 heteroatoms. The Hall–Kier alpha value is -2.89. The van der Waals surface area contributed by atoms with Crippen LogP contribution in [-0.4, -0.2) is 89.8 Å². The molecule has 0 spiro atoms. The first-order chi connectivity index (χ1) is 17.7. The van der Waals surface area contributed by atoms with Gasteiger partial charge in [-0.2, -0.15) is 9.97 Å². The lowest BCUT2D eigenvalue weighted by atomic mass is 10.1. The van der Waals surface area contributed by atoms with Gasteiger partial charge in [-0.1, -0.05) is 0 Å². The normalized spacial score (nSPS) is 26.3. The zero-order valence-electron chi connectivity index (χ0n) is 22.2. The van der Waals surface area contributed by atoms with Gasteiger partial charge in [-0.05, 0) is 53.8 Å². The quantitative estimate of drug-likeness (QED) is 0.502. The Morgan fingerprint density at radius 3 is 2.32 bits per heavy atom. The zero-order chi connectivity index (χ0) is 27.6. The highest BCUT2D eigenvalue weighted by molar-refractivity contribution is 5.90. The fraction of sp³-hybridized carbons (Fsp3) is 0.654. The van der Waals surface area contributed by atoms with Crippen molar-refractivity contribution in [3.8, 4) is 6.01 Å². The van der Waals surface area contributed by atoms with E-state index in [2.05, 4.69) is 9.97 Å². The fourth-order valence-electron chi connectivity index (χ4n) is 5.68. The molecule has 8 nitrogen and oxygen atoms in total. The molecule has 2 unspecified atom stereocenters. The van der Waals surface area contributed by atoms with Crippen molar-refractivity contribution in [2.24, 2.45) is 5.41 Å². The highest BCUT2D eigenvalue weighted by Gasteiger charge is 2.71. The first-order valence-electron chi connectivity index (χ1n) is 12.8. The SMILES string of the molecule is CN(C)C[C@@]1(COc2nc(N3CC4CCC(C3)N4C(=O)OC(C)(C)C)c3cc(F)cc(F)c3n2)CC1(F)F. The molecule has 3 fully saturated rings. The molecule has 2 bridgehead atoms. The average Bonchev–Trinajstić information content (AvgIpc) is 3.20. The molecule has 2 aliphatic heterocycles. The lowest BCUT2D eigenvalue weighted by molar-refractivity contribution is 0.0122. The summed E-state index contributed by atoms with van der Waals surface area (Å²) >= 11 is 0. The smallest absolute Gasteiger partial charge is 0.410 e. The van der Waals surface area contributed by atoms with E-state index in [9.17, 15) is 22.4 Å². The molecule has 5 rings (SSSR count). The Kier molecular flexibility index (Phi) is 6.39. The molecular weight excluding hydrogens is 506 g/mol. The maximum Gasteiger partial charge on any atom is 0.410 e. The Labute approximate surface area is 218 Å². The van der Waals surface area contributed by atoms with E-state index in [-0.39, 0.29) is 54.4 Å². The van der Waals surface area contributed by atoms with Crippen LogP contribution in [0.1, 0.15) is 40.0 Å². The number of hydrogen-bond donors (Lipinski definition) is 0. The highest BCUT2D eigenvalue weighted by atomic mass is 19.3. The highest BCUT2D eigenvalue weighted by Crippen LogP contribution is 2.60. The molecule has 3 aliphatic rings. The monoisotopic (exact) mass is 539 g/mol. The van der Waals surface area contributed by atoms with Crippen LogP contribution in [0.15, 0.2) is 12.1 Å². The van der Waals surface area contributed by atoms with Crippen molar-refractivity contribution >= 4 is 22.8 Å². The summed E-state index contributed by atoms with van der Waals surface area (Å²) in [5.41, 5.74) is -2.17. The van der Waals surface area contributed by atoms with Gasteiger partial charge in [0.15, 0.2) is 5.82 Å². The van der Waals surface area contributed by atoms with Gasteiger partial charge in [0.1, 0.15) is 29.4 Å². The average molecular weight is 540 g/mol. The van der Waals surface area contributed by atoms with Crippen molar-refractivity contribution < 1.29 is 31.8 Å². The number of fused-ring (bicyclic) bond motifs is 3. The van der Waals surface area contributed by atoms with Crippen molar-refractivity contribution in [1.29, 1.82) is 0 Å². The van der Waals surface area contributed by atoms with Crippen LogP contribution in [0.25, 0.3) is 10.9 Å². The number of carbonyl (C=O) groups excluding carboxylic acids is 1. The maximum atomic E-state index is 14.8. The van der Waals surface area contributed by atoms with Crippen molar-refractivity contribution in [3.63, 3.8) is 0 Å². The molecule has 1 aliphatic carbocycles. The number of hydrogen-bond acceptors (Lipinski definition) is 7. The number of alkyl halides is 2. The molecule has 0 N–H and O–H groups in total. The van der Waals surface area contributed by atoms with Crippen LogP contribution in [0.4, 0.5) is 28.2 Å². The maximum absolute atomic E-state index is 14.8. The number of rotatable bonds is 6. The molecule has 0 radical (unpaired) electrons. The summed E-state index contributed by atoms with van der Waals surface area (Å²) in [6, 6.07) is 1.27. The standard InChI is InChI=1S/C26H33F4N5O3/c1-24(2,3)38-23(36)35-16-6-7-17(35)11-34(10-16)21-18-8-15(27)9-19(28)20(18)31-22(32-21)37-14-25(13-33(4)5)12-26(25,29)30/h8-9,16-17H,6-7,10-14H2,1-5H3/t16?,17?,25-/m1/s1. The second kappa shape index (κ2) is 9.10. The van der Waals surface area contributed by atoms with Crippen molar-refractivity contribution in [3.05, 3.63) is 23.8 Å². The minimum absolute atomic E-state index is 0.107. The van der Waals surface area contributed by atoms with E-state index in [4.69, 9.17) is 9.47 Å². The van der Waals surface area contributed by atoms with Crippen LogP contribution >= 0.6 is 0 Å². The molecule has 1 saturated carbocycles. The van der Waals surface area contributed by atoms with Crippen molar-refractivity contribution in [2.45, 2.75) is 63.6 Å². The minimum Gasteiger partial charge on any atom is -0.463 e. The van der Waals surface area contributed by atoms with E-state index < -0.39 is 34.7 Å². The van der Waals surface area contributed by atoms with E-state index in [0.717, 1.165) is 25.0 Å². The van der Waals surface area contributed by atoms with Gasteiger partial charge in [0.05, 0.1) is 17.5 Å². The van der Waals surface area contributed by atoms with Gasteiger partial charge in [0, 0.05) is 37.5 Å². The second-order valence-corrected chi connectivity index (χ2v) is 12.0.